The van der Waals surface area contributed by atoms with Gasteiger partial charge in [-0.15, -0.1) is 0 Å². The number of carbonyl (C=O) groups is 2. The first-order chi connectivity index (χ1) is 13.7. The van der Waals surface area contributed by atoms with Crippen molar-refractivity contribution in [3.63, 3.8) is 0 Å². The molecule has 8 heteroatoms. The molecule has 4 N–H and O–H groups in total. The number of nitrogens with zero attached hydrogens (tertiary/aromatic N) is 2. The van der Waals surface area contributed by atoms with Gasteiger partial charge in [0, 0.05) is 37.4 Å². The van der Waals surface area contributed by atoms with Crippen LogP contribution in [0.4, 0.5) is 21.9 Å². The van der Waals surface area contributed by atoms with Crippen LogP contribution in [0.15, 0.2) is 35.5 Å². The van der Waals surface area contributed by atoms with Crippen LogP contribution in [0.25, 0.3) is 0 Å². The van der Waals surface area contributed by atoms with Gasteiger partial charge < -0.3 is 20.7 Å². The first-order valence-electron chi connectivity index (χ1n) is 9.89. The summed E-state index contributed by atoms with van der Waals surface area (Å²) in [5.74, 6) is -0.257. The minimum Gasteiger partial charge on any atom is -0.444 e. The second-order valence-corrected chi connectivity index (χ2v) is 8.33. The zero-order valence-corrected chi connectivity index (χ0v) is 17.2. The van der Waals surface area contributed by atoms with Gasteiger partial charge in [0.05, 0.1) is 11.4 Å². The predicted molar refractivity (Wildman–Crippen MR) is 116 cm³/mol. The van der Waals surface area contributed by atoms with E-state index in [0.717, 1.165) is 25.1 Å². The quantitative estimate of drug-likeness (QED) is 0.720. The molecule has 0 saturated carbocycles. The van der Waals surface area contributed by atoms with Gasteiger partial charge >= 0.3 is 6.09 Å². The topological polar surface area (TPSA) is 109 Å². The molecule has 2 aliphatic rings. The van der Waals surface area contributed by atoms with Gasteiger partial charge in [-0.3, -0.25) is 15.1 Å². The second-order valence-electron chi connectivity index (χ2n) is 8.33. The van der Waals surface area contributed by atoms with Gasteiger partial charge in [-0.1, -0.05) is 6.08 Å². The first kappa shape index (κ1) is 20.9. The van der Waals surface area contributed by atoms with Gasteiger partial charge in [0.2, 0.25) is 0 Å². The molecule has 8 nitrogen and oxygen atoms in total. The number of rotatable bonds is 4. The maximum absolute atomic E-state index is 12.6. The zero-order valence-electron chi connectivity index (χ0n) is 17.2. The van der Waals surface area contributed by atoms with Crippen LogP contribution in [0.5, 0.6) is 0 Å². The zero-order chi connectivity index (χ0) is 21.0. The van der Waals surface area contributed by atoms with E-state index in [9.17, 15) is 9.59 Å². The summed E-state index contributed by atoms with van der Waals surface area (Å²) in [6.45, 7) is 6.98. The first-order valence-corrected chi connectivity index (χ1v) is 9.89. The van der Waals surface area contributed by atoms with Gasteiger partial charge in [0.1, 0.15) is 11.3 Å². The van der Waals surface area contributed by atoms with Crippen LogP contribution < -0.4 is 21.3 Å². The fourth-order valence-electron chi connectivity index (χ4n) is 3.35. The largest absolute Gasteiger partial charge is 0.444 e. The Hall–Kier alpha value is -2.87. The Morgan fingerprint density at radius 1 is 1.28 bits per heavy atom. The number of ether oxygens (including phenoxy) is 1. The summed E-state index contributed by atoms with van der Waals surface area (Å²) in [5, 5.41) is 5.66. The van der Waals surface area contributed by atoms with Crippen LogP contribution in [-0.4, -0.2) is 42.4 Å². The van der Waals surface area contributed by atoms with E-state index in [1.54, 1.807) is 39.1 Å². The lowest BCUT2D eigenvalue weighted by Gasteiger charge is -2.34. The Labute approximate surface area is 171 Å². The molecule has 2 amide bonds. The van der Waals surface area contributed by atoms with Crippen LogP contribution in [0, 0.1) is 0 Å². The van der Waals surface area contributed by atoms with Crippen molar-refractivity contribution in [2.45, 2.75) is 51.7 Å². The van der Waals surface area contributed by atoms with Gasteiger partial charge in [0.15, 0.2) is 0 Å². The summed E-state index contributed by atoms with van der Waals surface area (Å²) in [6.07, 6.45) is 5.39. The maximum atomic E-state index is 12.6. The third-order valence-electron chi connectivity index (χ3n) is 4.60. The molecule has 3 rings (SSSR count). The summed E-state index contributed by atoms with van der Waals surface area (Å²) in [4.78, 5) is 31.0. The van der Waals surface area contributed by atoms with Crippen LogP contribution in [0.2, 0.25) is 0 Å². The molecule has 0 aliphatic carbocycles. The van der Waals surface area contributed by atoms with E-state index in [-0.39, 0.29) is 11.9 Å². The number of anilines is 3. The summed E-state index contributed by atoms with van der Waals surface area (Å²) < 4.78 is 5.31. The summed E-state index contributed by atoms with van der Waals surface area (Å²) in [7, 11) is 0. The lowest BCUT2D eigenvalue weighted by atomic mass is 10.1. The van der Waals surface area contributed by atoms with Crippen LogP contribution in [0.1, 0.15) is 40.0 Å². The number of allylic oxidation sites excluding steroid dienone is 1. The van der Waals surface area contributed by atoms with Crippen molar-refractivity contribution in [2.75, 3.05) is 28.6 Å². The molecule has 1 atom stereocenters. The Morgan fingerprint density at radius 3 is 2.72 bits per heavy atom. The normalized spacial score (nSPS) is 19.0. The Morgan fingerprint density at radius 2 is 2.07 bits per heavy atom. The lowest BCUT2D eigenvalue weighted by Crippen LogP contribution is -2.43. The standard InChI is InChI=1S/C21H29N5O3/c1-21(2,3)29-20(28)24-15-8-9-18(26-11-5-6-14(22)13-26)17(12-15)25-19(27)16-7-4-10-23-16/h4,8-10,12,14H,5-7,11,13,22H2,1-3H3,(H,24,28)(H,25,27)/t14-/m1/s1. The van der Waals surface area contributed by atoms with Crippen molar-refractivity contribution >= 4 is 34.8 Å². The molecule has 0 bridgehead atoms. The monoisotopic (exact) mass is 399 g/mol. The Balaban J connectivity index is 1.83. The number of piperidine rings is 1. The lowest BCUT2D eigenvalue weighted by molar-refractivity contribution is -0.110. The van der Waals surface area contributed by atoms with Crippen LogP contribution >= 0.6 is 0 Å². The molecule has 0 spiro atoms. The van der Waals surface area contributed by atoms with E-state index < -0.39 is 11.7 Å². The van der Waals surface area contributed by atoms with Gasteiger partial charge in [-0.25, -0.2) is 4.79 Å². The Bertz CT molecular complexity index is 841. The molecular weight excluding hydrogens is 370 g/mol. The molecule has 0 unspecified atom stereocenters. The fraction of sp³-hybridized carbons (Fsp3) is 0.476. The SMILES string of the molecule is CC(C)(C)OC(=O)Nc1ccc(N2CCC[C@@H](N)C2)c(NC(=O)C2=NC=CC2)c1. The van der Waals surface area contributed by atoms with E-state index in [1.807, 2.05) is 12.1 Å². The highest BCUT2D eigenvalue weighted by Crippen LogP contribution is 2.31. The molecule has 156 valence electrons. The summed E-state index contributed by atoms with van der Waals surface area (Å²) >= 11 is 0. The average Bonchev–Trinajstić information content (AvgIpc) is 3.15. The molecule has 2 aliphatic heterocycles. The smallest absolute Gasteiger partial charge is 0.412 e. The number of carbonyl (C=O) groups excluding carboxylic acids is 2. The average molecular weight is 399 g/mol. The third-order valence-corrected chi connectivity index (χ3v) is 4.60. The number of nitrogens with two attached hydrogens (primary N) is 1. The number of hydrogen-bond acceptors (Lipinski definition) is 6. The molecule has 0 aromatic heterocycles. The second kappa shape index (κ2) is 8.65. The number of nitrogens with one attached hydrogen (secondary N) is 2. The number of hydrogen-bond donors (Lipinski definition) is 3. The molecule has 1 saturated heterocycles. The molecule has 2 heterocycles. The van der Waals surface area contributed by atoms with E-state index in [1.165, 1.54) is 0 Å². The summed E-state index contributed by atoms with van der Waals surface area (Å²) in [5.41, 5.74) is 8.00. The van der Waals surface area contributed by atoms with Crippen molar-refractivity contribution in [3.8, 4) is 0 Å². The molecular formula is C21H29N5O3. The van der Waals surface area contributed by atoms with E-state index in [2.05, 4.69) is 20.5 Å². The van der Waals surface area contributed by atoms with E-state index >= 15 is 0 Å². The van der Waals surface area contributed by atoms with Crippen LogP contribution in [0.3, 0.4) is 0 Å². The fourth-order valence-corrected chi connectivity index (χ4v) is 3.35. The van der Waals surface area contributed by atoms with E-state index in [4.69, 9.17) is 10.5 Å². The van der Waals surface area contributed by atoms with Crippen molar-refractivity contribution in [2.24, 2.45) is 10.7 Å². The molecule has 29 heavy (non-hydrogen) atoms. The van der Waals surface area contributed by atoms with Crippen molar-refractivity contribution < 1.29 is 14.3 Å². The number of amides is 2. The van der Waals surface area contributed by atoms with Crippen molar-refractivity contribution in [1.29, 1.82) is 0 Å². The highest BCUT2D eigenvalue weighted by Gasteiger charge is 2.22. The van der Waals surface area contributed by atoms with Gasteiger partial charge in [-0.05, 0) is 51.8 Å². The number of aliphatic imine (C=N–C) groups is 1. The van der Waals surface area contributed by atoms with Crippen molar-refractivity contribution in [1.82, 2.24) is 0 Å². The molecule has 1 fully saturated rings. The van der Waals surface area contributed by atoms with Gasteiger partial charge in [-0.2, -0.15) is 0 Å². The number of benzene rings is 1. The third kappa shape index (κ3) is 5.80. The molecule has 1 aromatic carbocycles. The maximum Gasteiger partial charge on any atom is 0.412 e. The predicted octanol–water partition coefficient (Wildman–Crippen LogP) is 3.26. The van der Waals surface area contributed by atoms with E-state index in [0.29, 0.717) is 30.1 Å². The van der Waals surface area contributed by atoms with Crippen LogP contribution in [-0.2, 0) is 9.53 Å². The molecule has 0 radical (unpaired) electrons. The van der Waals surface area contributed by atoms with Crippen molar-refractivity contribution in [3.05, 3.63) is 30.5 Å². The van der Waals surface area contributed by atoms with Gasteiger partial charge in [0.25, 0.3) is 5.91 Å². The molecule has 1 aromatic rings. The Kier molecular flexibility index (Phi) is 6.22. The highest BCUT2D eigenvalue weighted by molar-refractivity contribution is 6.44. The minimum atomic E-state index is -0.599. The highest BCUT2D eigenvalue weighted by atomic mass is 16.6. The minimum absolute atomic E-state index is 0.0928. The summed E-state index contributed by atoms with van der Waals surface area (Å²) in [6, 6.07) is 5.51.